The Morgan fingerprint density at radius 1 is 1.12 bits per heavy atom. The van der Waals surface area contributed by atoms with Crippen LogP contribution >= 0.6 is 11.6 Å². The third-order valence-corrected chi connectivity index (χ3v) is 4.47. The first-order valence-corrected chi connectivity index (χ1v) is 8.84. The van der Waals surface area contributed by atoms with Crippen molar-refractivity contribution in [3.8, 4) is 5.75 Å². The molecule has 1 amide bonds. The van der Waals surface area contributed by atoms with Crippen molar-refractivity contribution in [3.05, 3.63) is 59.1 Å². The second-order valence-electron chi connectivity index (χ2n) is 6.50. The molecule has 2 aromatic rings. The van der Waals surface area contributed by atoms with Crippen LogP contribution in [-0.4, -0.2) is 19.1 Å². The molecule has 0 aliphatic rings. The van der Waals surface area contributed by atoms with Crippen molar-refractivity contribution in [1.82, 2.24) is 0 Å². The normalized spacial score (nSPS) is 13.4. The predicted octanol–water partition coefficient (Wildman–Crippen LogP) is 3.64. The second-order valence-corrected chi connectivity index (χ2v) is 6.93. The highest BCUT2D eigenvalue weighted by atomic mass is 35.5. The number of hydrogen-bond donors (Lipinski definition) is 2. The van der Waals surface area contributed by atoms with E-state index in [1.807, 2.05) is 25.1 Å². The number of halogens is 1. The fourth-order valence-electron chi connectivity index (χ4n) is 2.82. The number of rotatable bonds is 7. The minimum absolute atomic E-state index is 0.0813. The number of benzene rings is 2. The molecule has 0 saturated heterocycles. The number of hydrogen-bond acceptors (Lipinski definition) is 2. The van der Waals surface area contributed by atoms with Crippen molar-refractivity contribution in [3.63, 3.8) is 0 Å². The first-order chi connectivity index (χ1) is 11.9. The van der Waals surface area contributed by atoms with Gasteiger partial charge in [-0.3, -0.25) is 4.79 Å². The Labute approximate surface area is 154 Å². The minimum atomic E-state index is -0.253. The van der Waals surface area contributed by atoms with Gasteiger partial charge in [-0.2, -0.15) is 0 Å². The van der Waals surface area contributed by atoms with Crippen LogP contribution in [0.4, 0.5) is 5.69 Å². The van der Waals surface area contributed by atoms with E-state index in [-0.39, 0.29) is 18.0 Å². The fraction of sp³-hybridized carbons (Fsp3) is 0.350. The van der Waals surface area contributed by atoms with Gasteiger partial charge in [0.2, 0.25) is 0 Å². The lowest BCUT2D eigenvalue weighted by Gasteiger charge is -2.23. The van der Waals surface area contributed by atoms with E-state index < -0.39 is 0 Å². The molecule has 0 saturated carbocycles. The van der Waals surface area contributed by atoms with Crippen LogP contribution in [0.5, 0.6) is 5.75 Å². The Morgan fingerprint density at radius 2 is 1.80 bits per heavy atom. The number of ether oxygens (including phenoxy) is 1. The molecule has 5 heteroatoms. The van der Waals surface area contributed by atoms with Crippen LogP contribution < -0.4 is 15.4 Å². The summed E-state index contributed by atoms with van der Waals surface area (Å²) in [4.78, 5) is 12.6. The van der Waals surface area contributed by atoms with Crippen molar-refractivity contribution in [2.45, 2.75) is 32.9 Å². The molecule has 0 heterocycles. The van der Waals surface area contributed by atoms with Gasteiger partial charge in [-0.05, 0) is 25.1 Å². The molecular weight excluding hydrogens is 336 g/mol. The summed E-state index contributed by atoms with van der Waals surface area (Å²) in [6.45, 7) is 6.24. The Hall–Kier alpha value is -2.04. The third kappa shape index (κ3) is 5.21. The van der Waals surface area contributed by atoms with E-state index in [1.165, 1.54) is 5.56 Å². The molecule has 0 unspecified atom stereocenters. The van der Waals surface area contributed by atoms with E-state index >= 15 is 0 Å². The molecule has 134 valence electrons. The van der Waals surface area contributed by atoms with Gasteiger partial charge in [-0.1, -0.05) is 55.8 Å². The van der Waals surface area contributed by atoms with Gasteiger partial charge in [0, 0.05) is 16.5 Å². The van der Waals surface area contributed by atoms with E-state index in [1.54, 1.807) is 25.3 Å². The lowest BCUT2D eigenvalue weighted by Crippen LogP contribution is -2.93. The van der Waals surface area contributed by atoms with Crippen LogP contribution in [0.2, 0.25) is 5.02 Å². The standard InChI is InChI=1S/C20H25ClN2O2/c1-13(2)19(15-8-6-5-7-9-15)22-14(3)20(24)23-17-12-16(21)10-11-18(17)25-4/h5-14,19,22H,1-4H3,(H,23,24)/p+1/t14-,19-/m1/s1. The van der Waals surface area contributed by atoms with E-state index in [0.29, 0.717) is 22.4 Å². The first kappa shape index (κ1) is 19.3. The summed E-state index contributed by atoms with van der Waals surface area (Å²) >= 11 is 6.03. The lowest BCUT2D eigenvalue weighted by molar-refractivity contribution is -0.718. The molecular formula is C20H26ClN2O2+. The monoisotopic (exact) mass is 361 g/mol. The van der Waals surface area contributed by atoms with Gasteiger partial charge in [0.25, 0.3) is 5.91 Å². The van der Waals surface area contributed by atoms with Crippen LogP contribution in [0.15, 0.2) is 48.5 Å². The zero-order valence-electron chi connectivity index (χ0n) is 15.1. The number of nitrogens with two attached hydrogens (primary N) is 1. The molecule has 2 rings (SSSR count). The molecule has 0 spiro atoms. The number of carbonyl (C=O) groups is 1. The highest BCUT2D eigenvalue weighted by Gasteiger charge is 2.26. The van der Waals surface area contributed by atoms with Crippen molar-refractivity contribution in [1.29, 1.82) is 0 Å². The van der Waals surface area contributed by atoms with Crippen molar-refractivity contribution < 1.29 is 14.8 Å². The highest BCUT2D eigenvalue weighted by molar-refractivity contribution is 6.31. The summed E-state index contributed by atoms with van der Waals surface area (Å²) < 4.78 is 5.29. The van der Waals surface area contributed by atoms with Crippen molar-refractivity contribution in [2.24, 2.45) is 5.92 Å². The largest absolute Gasteiger partial charge is 0.495 e. The van der Waals surface area contributed by atoms with Gasteiger partial charge in [0.05, 0.1) is 12.8 Å². The van der Waals surface area contributed by atoms with Crippen LogP contribution in [0.25, 0.3) is 0 Å². The summed E-state index contributed by atoms with van der Waals surface area (Å²) in [7, 11) is 1.57. The van der Waals surface area contributed by atoms with Gasteiger partial charge in [-0.15, -0.1) is 0 Å². The number of methoxy groups -OCH3 is 1. The molecule has 0 bridgehead atoms. The number of amides is 1. The first-order valence-electron chi connectivity index (χ1n) is 8.46. The molecule has 3 N–H and O–H groups in total. The number of quaternary nitrogens is 1. The summed E-state index contributed by atoms with van der Waals surface area (Å²) in [6.07, 6.45) is 0. The van der Waals surface area contributed by atoms with Crippen LogP contribution in [0.1, 0.15) is 32.4 Å². The second kappa shape index (κ2) is 8.88. The molecule has 2 atom stereocenters. The summed E-state index contributed by atoms with van der Waals surface area (Å²) in [5.41, 5.74) is 1.80. The maximum atomic E-state index is 12.6. The number of anilines is 1. The maximum Gasteiger partial charge on any atom is 0.282 e. The molecule has 4 nitrogen and oxygen atoms in total. The lowest BCUT2D eigenvalue weighted by atomic mass is 9.95. The van der Waals surface area contributed by atoms with E-state index in [0.717, 1.165) is 0 Å². The summed E-state index contributed by atoms with van der Waals surface area (Å²) in [5, 5.41) is 5.57. The minimum Gasteiger partial charge on any atom is -0.495 e. The van der Waals surface area contributed by atoms with Gasteiger partial charge in [-0.25, -0.2) is 0 Å². The molecule has 0 fully saturated rings. The zero-order valence-corrected chi connectivity index (χ0v) is 15.9. The van der Waals surface area contributed by atoms with Gasteiger partial charge < -0.3 is 15.4 Å². The van der Waals surface area contributed by atoms with Gasteiger partial charge in [0.15, 0.2) is 6.04 Å². The number of nitrogens with one attached hydrogen (secondary N) is 1. The molecule has 0 radical (unpaired) electrons. The topological polar surface area (TPSA) is 54.9 Å². The predicted molar refractivity (Wildman–Crippen MR) is 102 cm³/mol. The van der Waals surface area contributed by atoms with Crippen LogP contribution in [-0.2, 0) is 4.79 Å². The highest BCUT2D eigenvalue weighted by Crippen LogP contribution is 2.27. The summed E-state index contributed by atoms with van der Waals surface area (Å²) in [6, 6.07) is 15.4. The van der Waals surface area contributed by atoms with Crippen molar-refractivity contribution >= 4 is 23.2 Å². The Morgan fingerprint density at radius 3 is 2.40 bits per heavy atom. The number of carbonyl (C=O) groups excluding carboxylic acids is 1. The van der Waals surface area contributed by atoms with Gasteiger partial charge >= 0.3 is 0 Å². The Kier molecular flexibility index (Phi) is 6.85. The smallest absolute Gasteiger partial charge is 0.282 e. The van der Waals surface area contributed by atoms with Crippen LogP contribution in [0, 0.1) is 5.92 Å². The quantitative estimate of drug-likeness (QED) is 0.791. The van der Waals surface area contributed by atoms with E-state index in [9.17, 15) is 4.79 Å². The molecule has 0 aromatic heterocycles. The van der Waals surface area contributed by atoms with E-state index in [4.69, 9.17) is 16.3 Å². The SMILES string of the molecule is COc1ccc(Cl)cc1NC(=O)[C@@H](C)[NH2+][C@@H](c1ccccc1)C(C)C. The molecule has 25 heavy (non-hydrogen) atoms. The maximum absolute atomic E-state index is 12.6. The average molecular weight is 362 g/mol. The molecule has 0 aliphatic carbocycles. The van der Waals surface area contributed by atoms with Crippen LogP contribution in [0.3, 0.4) is 0 Å². The average Bonchev–Trinajstić information content (AvgIpc) is 2.60. The zero-order chi connectivity index (χ0) is 18.4. The Bertz CT molecular complexity index is 704. The summed E-state index contributed by atoms with van der Waals surface area (Å²) in [5.74, 6) is 0.911. The van der Waals surface area contributed by atoms with Gasteiger partial charge in [0.1, 0.15) is 11.8 Å². The Balaban J connectivity index is 2.10. The van der Waals surface area contributed by atoms with E-state index in [2.05, 4.69) is 36.6 Å². The molecule has 2 aromatic carbocycles. The fourth-order valence-corrected chi connectivity index (χ4v) is 2.99. The third-order valence-electron chi connectivity index (χ3n) is 4.23. The molecule has 0 aliphatic heterocycles. The van der Waals surface area contributed by atoms with Crippen molar-refractivity contribution in [2.75, 3.05) is 12.4 Å².